The Morgan fingerprint density at radius 1 is 0.875 bits per heavy atom. The van der Waals surface area contributed by atoms with Crippen LogP contribution < -0.4 is 16.0 Å². The molecular weight excluding hydrogens is 374 g/mol. The lowest BCUT2D eigenvalue weighted by atomic mass is 10.2. The van der Waals surface area contributed by atoms with Gasteiger partial charge in [-0.25, -0.2) is 0 Å². The molecule has 0 heterocycles. The Bertz CT molecular complexity index is 743. The van der Waals surface area contributed by atoms with E-state index in [9.17, 15) is 14.4 Å². The molecule has 0 saturated heterocycles. The van der Waals surface area contributed by atoms with E-state index in [2.05, 4.69) is 31.9 Å². The van der Waals surface area contributed by atoms with Crippen molar-refractivity contribution in [2.75, 3.05) is 18.9 Å². The number of nitrogens with one attached hydrogen (secondary N) is 3. The molecule has 0 spiro atoms. The quantitative estimate of drug-likeness (QED) is 0.732. The van der Waals surface area contributed by atoms with Crippen molar-refractivity contribution in [3.63, 3.8) is 0 Å². The number of carbonyl (C=O) groups is 3. The van der Waals surface area contributed by atoms with Gasteiger partial charge in [-0.1, -0.05) is 15.9 Å². The standard InChI is InChI=1S/C17H16BrN3O3/c1-19-16(23)11-4-8-14(9-5-11)21-15(22)10-20-17(24)12-2-6-13(18)7-3-12/h2-9H,10H2,1H3,(H,19,23)(H,20,24)(H,21,22). The van der Waals surface area contributed by atoms with E-state index in [-0.39, 0.29) is 24.3 Å². The molecular formula is C17H16BrN3O3. The number of hydrogen-bond donors (Lipinski definition) is 3. The van der Waals surface area contributed by atoms with Crippen LogP contribution in [0.4, 0.5) is 5.69 Å². The van der Waals surface area contributed by atoms with E-state index in [4.69, 9.17) is 0 Å². The van der Waals surface area contributed by atoms with Crippen molar-refractivity contribution in [1.82, 2.24) is 10.6 Å². The van der Waals surface area contributed by atoms with Gasteiger partial charge >= 0.3 is 0 Å². The first kappa shape index (κ1) is 17.7. The average Bonchev–Trinajstić information content (AvgIpc) is 2.60. The van der Waals surface area contributed by atoms with E-state index in [1.807, 2.05) is 0 Å². The second-order valence-electron chi connectivity index (χ2n) is 4.89. The van der Waals surface area contributed by atoms with Gasteiger partial charge in [-0.3, -0.25) is 14.4 Å². The summed E-state index contributed by atoms with van der Waals surface area (Å²) in [5.74, 6) is -0.879. The predicted octanol–water partition coefficient (Wildman–Crippen LogP) is 2.18. The Hall–Kier alpha value is -2.67. The van der Waals surface area contributed by atoms with Crippen LogP contribution in [0.15, 0.2) is 53.0 Å². The van der Waals surface area contributed by atoms with Crippen LogP contribution in [-0.4, -0.2) is 31.3 Å². The third-order valence-corrected chi connectivity index (χ3v) is 3.70. The molecule has 0 saturated carbocycles. The molecule has 0 aliphatic rings. The SMILES string of the molecule is CNC(=O)c1ccc(NC(=O)CNC(=O)c2ccc(Br)cc2)cc1. The summed E-state index contributed by atoms with van der Waals surface area (Å²) in [6.45, 7) is -0.147. The van der Waals surface area contributed by atoms with Gasteiger partial charge in [0.05, 0.1) is 6.54 Å². The molecule has 0 aromatic heterocycles. The van der Waals surface area contributed by atoms with Gasteiger partial charge in [0.15, 0.2) is 0 Å². The van der Waals surface area contributed by atoms with Crippen LogP contribution in [0.3, 0.4) is 0 Å². The maximum Gasteiger partial charge on any atom is 0.251 e. The lowest BCUT2D eigenvalue weighted by Crippen LogP contribution is -2.32. The number of carbonyl (C=O) groups excluding carboxylic acids is 3. The van der Waals surface area contributed by atoms with E-state index in [1.165, 1.54) is 0 Å². The smallest absolute Gasteiger partial charge is 0.251 e. The third-order valence-electron chi connectivity index (χ3n) is 3.17. The van der Waals surface area contributed by atoms with Crippen LogP contribution >= 0.6 is 15.9 Å². The van der Waals surface area contributed by atoms with Gasteiger partial charge < -0.3 is 16.0 Å². The zero-order valence-electron chi connectivity index (χ0n) is 12.9. The highest BCUT2D eigenvalue weighted by Gasteiger charge is 2.09. The fraction of sp³-hybridized carbons (Fsp3) is 0.118. The molecule has 0 aliphatic carbocycles. The summed E-state index contributed by atoms with van der Waals surface area (Å²) in [5.41, 5.74) is 1.52. The molecule has 7 heteroatoms. The molecule has 0 bridgehead atoms. The van der Waals surface area contributed by atoms with Gasteiger partial charge in [0.2, 0.25) is 5.91 Å². The molecule has 2 rings (SSSR count). The molecule has 3 amide bonds. The second kappa shape index (κ2) is 8.26. The molecule has 0 fully saturated rings. The van der Waals surface area contributed by atoms with Gasteiger partial charge in [0.1, 0.15) is 0 Å². The van der Waals surface area contributed by atoms with E-state index in [0.29, 0.717) is 16.8 Å². The van der Waals surface area contributed by atoms with Crippen LogP contribution in [0, 0.1) is 0 Å². The minimum atomic E-state index is -0.354. The Kier molecular flexibility index (Phi) is 6.08. The van der Waals surface area contributed by atoms with Crippen molar-refractivity contribution < 1.29 is 14.4 Å². The minimum Gasteiger partial charge on any atom is -0.355 e. The lowest BCUT2D eigenvalue weighted by Gasteiger charge is -2.08. The molecule has 3 N–H and O–H groups in total. The number of hydrogen-bond acceptors (Lipinski definition) is 3. The molecule has 24 heavy (non-hydrogen) atoms. The van der Waals surface area contributed by atoms with E-state index < -0.39 is 0 Å². The minimum absolute atomic E-state index is 0.147. The number of halogens is 1. The van der Waals surface area contributed by atoms with Gasteiger partial charge in [-0.2, -0.15) is 0 Å². The first-order valence-corrected chi connectivity index (χ1v) is 7.94. The zero-order valence-corrected chi connectivity index (χ0v) is 14.5. The van der Waals surface area contributed by atoms with Gasteiger partial charge in [-0.15, -0.1) is 0 Å². The largest absolute Gasteiger partial charge is 0.355 e. The molecule has 2 aromatic carbocycles. The maximum absolute atomic E-state index is 11.9. The van der Waals surface area contributed by atoms with E-state index >= 15 is 0 Å². The Morgan fingerprint density at radius 2 is 1.42 bits per heavy atom. The predicted molar refractivity (Wildman–Crippen MR) is 94.9 cm³/mol. The summed E-state index contributed by atoms with van der Waals surface area (Å²) < 4.78 is 0.872. The molecule has 6 nitrogen and oxygen atoms in total. The van der Waals surface area contributed by atoms with Crippen LogP contribution in [0.1, 0.15) is 20.7 Å². The number of anilines is 1. The topological polar surface area (TPSA) is 87.3 Å². The van der Waals surface area contributed by atoms with Crippen molar-refractivity contribution in [3.8, 4) is 0 Å². The van der Waals surface area contributed by atoms with Crippen molar-refractivity contribution in [2.45, 2.75) is 0 Å². The van der Waals surface area contributed by atoms with Crippen molar-refractivity contribution in [2.24, 2.45) is 0 Å². The monoisotopic (exact) mass is 389 g/mol. The first-order valence-electron chi connectivity index (χ1n) is 7.15. The summed E-state index contributed by atoms with van der Waals surface area (Å²) in [6, 6.07) is 13.3. The Morgan fingerprint density at radius 3 is 2.00 bits per heavy atom. The maximum atomic E-state index is 11.9. The van der Waals surface area contributed by atoms with E-state index in [0.717, 1.165) is 4.47 Å². The summed E-state index contributed by atoms with van der Waals surface area (Å²) in [5, 5.41) is 7.71. The number of amides is 3. The second-order valence-corrected chi connectivity index (χ2v) is 5.81. The number of benzene rings is 2. The van der Waals surface area contributed by atoms with Crippen LogP contribution in [0.5, 0.6) is 0 Å². The van der Waals surface area contributed by atoms with E-state index in [1.54, 1.807) is 55.6 Å². The summed E-state index contributed by atoms with van der Waals surface area (Å²) in [4.78, 5) is 35.2. The fourth-order valence-electron chi connectivity index (χ4n) is 1.92. The fourth-order valence-corrected chi connectivity index (χ4v) is 2.18. The molecule has 0 radical (unpaired) electrons. The van der Waals surface area contributed by atoms with Gasteiger partial charge in [0.25, 0.3) is 11.8 Å². The van der Waals surface area contributed by atoms with Crippen molar-refractivity contribution in [1.29, 1.82) is 0 Å². The molecule has 124 valence electrons. The normalized spacial score (nSPS) is 9.92. The van der Waals surface area contributed by atoms with Gasteiger partial charge in [0, 0.05) is 28.3 Å². The highest BCUT2D eigenvalue weighted by molar-refractivity contribution is 9.10. The van der Waals surface area contributed by atoms with Crippen molar-refractivity contribution in [3.05, 3.63) is 64.1 Å². The lowest BCUT2D eigenvalue weighted by molar-refractivity contribution is -0.115. The Labute approximate surface area is 147 Å². The average molecular weight is 390 g/mol. The molecule has 0 unspecified atom stereocenters. The first-order chi connectivity index (χ1) is 11.5. The highest BCUT2D eigenvalue weighted by Crippen LogP contribution is 2.11. The van der Waals surface area contributed by atoms with Gasteiger partial charge in [-0.05, 0) is 48.5 Å². The molecule has 2 aromatic rings. The molecule has 0 aliphatic heterocycles. The van der Waals surface area contributed by atoms with Crippen LogP contribution in [0.2, 0.25) is 0 Å². The highest BCUT2D eigenvalue weighted by atomic mass is 79.9. The summed E-state index contributed by atoms with van der Waals surface area (Å²) in [7, 11) is 1.55. The summed E-state index contributed by atoms with van der Waals surface area (Å²) >= 11 is 3.29. The van der Waals surface area contributed by atoms with Crippen LogP contribution in [0.25, 0.3) is 0 Å². The van der Waals surface area contributed by atoms with Crippen molar-refractivity contribution >= 4 is 39.3 Å². The summed E-state index contributed by atoms with van der Waals surface area (Å²) in [6.07, 6.45) is 0. The zero-order chi connectivity index (χ0) is 17.5. The Balaban J connectivity index is 1.85. The molecule has 0 atom stereocenters. The third kappa shape index (κ3) is 4.92. The number of rotatable bonds is 5. The van der Waals surface area contributed by atoms with Crippen LogP contribution in [-0.2, 0) is 4.79 Å².